The molecule has 0 fully saturated rings. The maximum absolute atomic E-state index is 11.2. The highest BCUT2D eigenvalue weighted by atomic mass is 16.1. The third kappa shape index (κ3) is 8.50. The van der Waals surface area contributed by atoms with Gasteiger partial charge in [-0.25, -0.2) is 4.98 Å². The number of hydrogen-bond acceptors (Lipinski definition) is 2. The summed E-state index contributed by atoms with van der Waals surface area (Å²) in [4.78, 5) is 17.6. The first-order valence-corrected chi connectivity index (χ1v) is 6.62. The summed E-state index contributed by atoms with van der Waals surface area (Å²) in [7, 11) is 0. The van der Waals surface area contributed by atoms with E-state index in [-0.39, 0.29) is 5.56 Å². The van der Waals surface area contributed by atoms with Gasteiger partial charge in [0.05, 0.1) is 16.9 Å². The van der Waals surface area contributed by atoms with Crippen LogP contribution in [0.2, 0.25) is 0 Å². The Labute approximate surface area is 111 Å². The third-order valence-electron chi connectivity index (χ3n) is 1.48. The first-order chi connectivity index (χ1) is 8.79. The molecular formula is C15H28N2O. The van der Waals surface area contributed by atoms with Gasteiger partial charge in [-0.15, -0.1) is 0 Å². The van der Waals surface area contributed by atoms with Crippen LogP contribution in [-0.4, -0.2) is 9.97 Å². The summed E-state index contributed by atoms with van der Waals surface area (Å²) in [5.41, 5.74) is -0.124. The van der Waals surface area contributed by atoms with Gasteiger partial charge in [0.15, 0.2) is 0 Å². The fraction of sp³-hybridized carbons (Fsp3) is 0.467. The first kappa shape index (κ1) is 21.6. The van der Waals surface area contributed by atoms with Gasteiger partial charge in [0, 0.05) is 0 Å². The number of nitrogens with one attached hydrogen (secondary N) is 1. The van der Waals surface area contributed by atoms with Crippen LogP contribution in [-0.2, 0) is 0 Å². The van der Waals surface area contributed by atoms with Crippen LogP contribution in [0, 0.1) is 0 Å². The number of allylic oxidation sites excluding steroid dienone is 1. The second-order valence-electron chi connectivity index (χ2n) is 2.22. The topological polar surface area (TPSA) is 45.8 Å². The molecule has 1 rings (SSSR count). The molecule has 0 aliphatic rings. The lowest BCUT2D eigenvalue weighted by Gasteiger charge is -1.85. The summed E-state index contributed by atoms with van der Waals surface area (Å²) >= 11 is 0. The Morgan fingerprint density at radius 2 is 1.67 bits per heavy atom. The van der Waals surface area contributed by atoms with Crippen LogP contribution >= 0.6 is 0 Å². The monoisotopic (exact) mass is 252 g/mol. The fourth-order valence-corrected chi connectivity index (χ4v) is 0.947. The summed E-state index contributed by atoms with van der Waals surface area (Å²) in [6.07, 6.45) is 6.41. The molecule has 0 aliphatic carbocycles. The lowest BCUT2D eigenvalue weighted by atomic mass is 10.3. The normalized spacial score (nSPS) is 9.94. The van der Waals surface area contributed by atoms with Gasteiger partial charge in [-0.1, -0.05) is 60.3 Å². The maximum Gasteiger partial charge on any atom is 0.258 e. The van der Waals surface area contributed by atoms with Gasteiger partial charge in [-0.2, -0.15) is 0 Å². The van der Waals surface area contributed by atoms with Crippen molar-refractivity contribution in [3.8, 4) is 0 Å². The van der Waals surface area contributed by atoms with Crippen molar-refractivity contribution in [3.63, 3.8) is 0 Å². The molecule has 0 saturated carbocycles. The molecule has 0 aliphatic heterocycles. The highest BCUT2D eigenvalue weighted by Crippen LogP contribution is 1.60. The molecule has 1 aromatic heterocycles. The summed E-state index contributed by atoms with van der Waals surface area (Å²) < 4.78 is 0. The van der Waals surface area contributed by atoms with E-state index in [0.717, 1.165) is 0 Å². The Morgan fingerprint density at radius 3 is 2.06 bits per heavy atom. The molecule has 1 N–H and O–H groups in total. The van der Waals surface area contributed by atoms with Crippen molar-refractivity contribution < 1.29 is 0 Å². The van der Waals surface area contributed by atoms with Gasteiger partial charge in [-0.3, -0.25) is 4.79 Å². The van der Waals surface area contributed by atoms with E-state index in [0.29, 0.717) is 10.6 Å². The van der Waals surface area contributed by atoms with Crippen LogP contribution in [0.25, 0.3) is 12.2 Å². The van der Waals surface area contributed by atoms with Gasteiger partial charge >= 0.3 is 0 Å². The molecule has 1 aromatic rings. The van der Waals surface area contributed by atoms with Gasteiger partial charge in [0.25, 0.3) is 5.56 Å². The van der Waals surface area contributed by atoms with Crippen LogP contribution in [0.3, 0.4) is 0 Å². The zero-order valence-electron chi connectivity index (χ0n) is 12.9. The maximum atomic E-state index is 11.2. The van der Waals surface area contributed by atoms with E-state index in [4.69, 9.17) is 0 Å². The van der Waals surface area contributed by atoms with Gasteiger partial charge in [0.2, 0.25) is 0 Å². The molecule has 18 heavy (non-hydrogen) atoms. The largest absolute Gasteiger partial charge is 0.313 e. The van der Waals surface area contributed by atoms with Crippen molar-refractivity contribution in [3.05, 3.63) is 39.9 Å². The minimum atomic E-state index is -0.124. The number of aromatic amines is 1. The lowest BCUT2D eigenvalue weighted by molar-refractivity contribution is 1.05. The fourth-order valence-electron chi connectivity index (χ4n) is 0.947. The highest BCUT2D eigenvalue weighted by molar-refractivity contribution is 5.34. The molecule has 0 radical (unpaired) electrons. The van der Waals surface area contributed by atoms with Gasteiger partial charge in [0.1, 0.15) is 0 Å². The Balaban J connectivity index is -0.000000328. The lowest BCUT2D eigenvalue weighted by Crippen LogP contribution is -2.41. The average Bonchev–Trinajstić information content (AvgIpc) is 2.46. The molecular weight excluding hydrogens is 224 g/mol. The van der Waals surface area contributed by atoms with Crippen LogP contribution in [0.1, 0.15) is 48.5 Å². The zero-order chi connectivity index (χ0) is 15.0. The van der Waals surface area contributed by atoms with Crippen molar-refractivity contribution in [2.24, 2.45) is 0 Å². The zero-order valence-corrected chi connectivity index (χ0v) is 12.9. The van der Waals surface area contributed by atoms with E-state index < -0.39 is 0 Å². The van der Waals surface area contributed by atoms with Crippen LogP contribution in [0.15, 0.2) is 23.8 Å². The smallest absolute Gasteiger partial charge is 0.258 e. The van der Waals surface area contributed by atoms with Crippen molar-refractivity contribution in [2.45, 2.75) is 48.5 Å². The number of H-pyrrole nitrogens is 1. The van der Waals surface area contributed by atoms with Crippen molar-refractivity contribution in [1.82, 2.24) is 9.97 Å². The van der Waals surface area contributed by atoms with Crippen LogP contribution in [0.4, 0.5) is 0 Å². The quantitative estimate of drug-likeness (QED) is 0.835. The van der Waals surface area contributed by atoms with E-state index in [9.17, 15) is 4.79 Å². The second kappa shape index (κ2) is 17.7. The Morgan fingerprint density at radius 1 is 1.17 bits per heavy atom. The number of aromatic nitrogens is 2. The van der Waals surface area contributed by atoms with Gasteiger partial charge in [-0.05, 0) is 13.0 Å². The summed E-state index contributed by atoms with van der Waals surface area (Å²) in [6, 6.07) is 0. The minimum absolute atomic E-state index is 0.124. The Bertz CT molecular complexity index is 444. The molecule has 0 aromatic carbocycles. The predicted octanol–water partition coefficient (Wildman–Crippen LogP) is 2.62. The summed E-state index contributed by atoms with van der Waals surface area (Å²) in [5, 5.41) is 1.23. The van der Waals surface area contributed by atoms with E-state index in [1.165, 1.54) is 6.33 Å². The molecule has 0 spiro atoms. The van der Waals surface area contributed by atoms with Crippen molar-refractivity contribution >= 4 is 12.2 Å². The Hall–Kier alpha value is -1.64. The van der Waals surface area contributed by atoms with Crippen LogP contribution < -0.4 is 16.1 Å². The van der Waals surface area contributed by atoms with Crippen molar-refractivity contribution in [1.29, 1.82) is 0 Å². The van der Waals surface area contributed by atoms with E-state index in [1.807, 2.05) is 41.5 Å². The van der Waals surface area contributed by atoms with Gasteiger partial charge < -0.3 is 4.98 Å². The molecule has 0 bridgehead atoms. The van der Waals surface area contributed by atoms with E-state index in [2.05, 4.69) is 16.5 Å². The molecule has 3 nitrogen and oxygen atoms in total. The van der Waals surface area contributed by atoms with Crippen LogP contribution in [0.5, 0.6) is 0 Å². The first-order valence-electron chi connectivity index (χ1n) is 6.62. The van der Waals surface area contributed by atoms with E-state index >= 15 is 0 Å². The number of rotatable bonds is 1. The molecule has 0 atom stereocenters. The molecule has 0 amide bonds. The SMILES string of the molecule is C=C/C=c1/nc[nH]c(=O)/c1=C/C.CC.CC.CC. The molecule has 0 unspecified atom stereocenters. The predicted molar refractivity (Wildman–Crippen MR) is 83.0 cm³/mol. The molecule has 0 saturated heterocycles. The van der Waals surface area contributed by atoms with E-state index in [1.54, 1.807) is 25.2 Å². The summed E-state index contributed by atoms with van der Waals surface area (Å²) in [5.74, 6) is 0. The molecule has 104 valence electrons. The average molecular weight is 252 g/mol. The third-order valence-corrected chi connectivity index (χ3v) is 1.48. The standard InChI is InChI=1S/C9H10N2O.3C2H6/c1-3-5-8-7(4-2)9(12)11-6-10-8;3*1-2/h3-6H,1H2,2H3,(H,10,11,12);3*1-2H3/b7-4+,8-5+;;;. The minimum Gasteiger partial charge on any atom is -0.313 e. The number of nitrogens with zero attached hydrogens (tertiary/aromatic N) is 1. The van der Waals surface area contributed by atoms with Crippen molar-refractivity contribution in [2.75, 3.05) is 0 Å². The highest BCUT2D eigenvalue weighted by Gasteiger charge is 1.88. The second-order valence-corrected chi connectivity index (χ2v) is 2.22. The molecule has 1 heterocycles. The molecule has 3 heteroatoms. The number of hydrogen-bond donors (Lipinski definition) is 1. The summed E-state index contributed by atoms with van der Waals surface area (Å²) in [6.45, 7) is 17.3. The Kier molecular flexibility index (Phi) is 21.3.